The Morgan fingerprint density at radius 1 is 1.25 bits per heavy atom. The molecule has 0 radical (unpaired) electrons. The number of nitrogens with one attached hydrogen (secondary N) is 1. The number of amides is 2. The zero-order chi connectivity index (χ0) is 12.1. The minimum Gasteiger partial charge on any atom is -0.313 e. The lowest BCUT2D eigenvalue weighted by molar-refractivity contribution is -0.142. The average Bonchev–Trinajstić information content (AvgIpc) is 2.62. The summed E-state index contributed by atoms with van der Waals surface area (Å²) in [6.07, 6.45) is 0. The number of rotatable bonds is 4. The second kappa shape index (κ2) is 3.55. The molecule has 4 heteroatoms. The Morgan fingerprint density at radius 3 is 2.19 bits per heavy atom. The minimum atomic E-state index is -0.0872. The summed E-state index contributed by atoms with van der Waals surface area (Å²) >= 11 is 0. The summed E-state index contributed by atoms with van der Waals surface area (Å²) in [4.78, 5) is 25.3. The maximum absolute atomic E-state index is 11.9. The van der Waals surface area contributed by atoms with Crippen LogP contribution in [0, 0.1) is 17.3 Å². The highest BCUT2D eigenvalue weighted by Gasteiger charge is 2.72. The topological polar surface area (TPSA) is 49.4 Å². The molecule has 0 aromatic heterocycles. The summed E-state index contributed by atoms with van der Waals surface area (Å²) < 4.78 is 0. The van der Waals surface area contributed by atoms with Crippen molar-refractivity contribution >= 4 is 11.8 Å². The van der Waals surface area contributed by atoms with Crippen molar-refractivity contribution in [1.29, 1.82) is 0 Å². The number of carbonyl (C=O) groups is 2. The molecule has 1 heterocycles. The van der Waals surface area contributed by atoms with Gasteiger partial charge in [0.1, 0.15) is 0 Å². The molecule has 0 bridgehead atoms. The van der Waals surface area contributed by atoms with Gasteiger partial charge in [0.25, 0.3) is 0 Å². The van der Waals surface area contributed by atoms with Gasteiger partial charge in [-0.15, -0.1) is 0 Å². The quantitative estimate of drug-likeness (QED) is 0.712. The molecule has 2 unspecified atom stereocenters. The van der Waals surface area contributed by atoms with E-state index in [-0.39, 0.29) is 29.1 Å². The summed E-state index contributed by atoms with van der Waals surface area (Å²) in [5.41, 5.74) is -0.0872. The van der Waals surface area contributed by atoms with Gasteiger partial charge >= 0.3 is 0 Å². The Balaban J connectivity index is 1.91. The fraction of sp³-hybridized carbons (Fsp3) is 0.833. The van der Waals surface area contributed by atoms with E-state index >= 15 is 0 Å². The zero-order valence-electron chi connectivity index (χ0n) is 10.4. The third-order valence-corrected chi connectivity index (χ3v) is 3.78. The molecule has 90 valence electrons. The molecule has 2 fully saturated rings. The molecule has 0 aromatic rings. The average molecular weight is 224 g/mol. The van der Waals surface area contributed by atoms with Crippen molar-refractivity contribution in [3.05, 3.63) is 0 Å². The molecule has 2 aliphatic rings. The van der Waals surface area contributed by atoms with Crippen LogP contribution in [0.25, 0.3) is 0 Å². The second-order valence-electron chi connectivity index (χ2n) is 5.71. The van der Waals surface area contributed by atoms with E-state index < -0.39 is 0 Å². The summed E-state index contributed by atoms with van der Waals surface area (Å²) in [5.74, 6) is -0.0192. The van der Waals surface area contributed by atoms with E-state index in [4.69, 9.17) is 0 Å². The number of piperidine rings is 1. The van der Waals surface area contributed by atoms with E-state index in [2.05, 4.69) is 5.32 Å². The van der Waals surface area contributed by atoms with Gasteiger partial charge in [-0.05, 0) is 5.41 Å². The summed E-state index contributed by atoms with van der Waals surface area (Å²) in [7, 11) is 0. The molecule has 0 aromatic carbocycles. The Bertz CT molecular complexity index is 312. The highest BCUT2D eigenvalue weighted by molar-refractivity contribution is 6.10. The normalized spacial score (nSPS) is 31.2. The van der Waals surface area contributed by atoms with Gasteiger partial charge in [0, 0.05) is 19.1 Å². The van der Waals surface area contributed by atoms with Gasteiger partial charge in [-0.2, -0.15) is 0 Å². The number of hydrogen-bond donors (Lipinski definition) is 1. The molecule has 16 heavy (non-hydrogen) atoms. The lowest BCUT2D eigenvalue weighted by atomic mass is 10.1. The van der Waals surface area contributed by atoms with Crippen molar-refractivity contribution in [3.8, 4) is 0 Å². The van der Waals surface area contributed by atoms with Crippen LogP contribution in [-0.4, -0.2) is 35.8 Å². The summed E-state index contributed by atoms with van der Waals surface area (Å²) in [6, 6.07) is 0.388. The number of carbonyl (C=O) groups excluding carboxylic acids is 2. The number of fused-ring (bicyclic) bond motifs is 1. The van der Waals surface area contributed by atoms with E-state index in [1.807, 2.05) is 27.7 Å². The minimum absolute atomic E-state index is 0.0329. The van der Waals surface area contributed by atoms with Crippen LogP contribution in [0.5, 0.6) is 0 Å². The summed E-state index contributed by atoms with van der Waals surface area (Å²) in [6.45, 7) is 9.31. The first kappa shape index (κ1) is 11.6. The molecule has 1 aliphatic heterocycles. The largest absolute Gasteiger partial charge is 0.313 e. The lowest BCUT2D eigenvalue weighted by Gasteiger charge is -2.21. The Kier molecular flexibility index (Phi) is 2.57. The third kappa shape index (κ3) is 1.56. The predicted octanol–water partition coefficient (Wildman–Crippen LogP) is 0.625. The van der Waals surface area contributed by atoms with Gasteiger partial charge in [0.2, 0.25) is 11.8 Å². The van der Waals surface area contributed by atoms with Crippen LogP contribution in [0.1, 0.15) is 27.7 Å². The Morgan fingerprint density at radius 2 is 1.75 bits per heavy atom. The predicted molar refractivity (Wildman–Crippen MR) is 60.6 cm³/mol. The van der Waals surface area contributed by atoms with Gasteiger partial charge in [0.15, 0.2) is 0 Å². The fourth-order valence-corrected chi connectivity index (χ4v) is 2.69. The molecule has 1 aliphatic carbocycles. The van der Waals surface area contributed by atoms with Crippen molar-refractivity contribution in [2.75, 3.05) is 13.1 Å². The molecule has 4 nitrogen and oxygen atoms in total. The second-order valence-corrected chi connectivity index (χ2v) is 5.71. The van der Waals surface area contributed by atoms with E-state index in [9.17, 15) is 9.59 Å². The first-order valence-corrected chi connectivity index (χ1v) is 5.96. The van der Waals surface area contributed by atoms with Crippen LogP contribution in [0.15, 0.2) is 0 Å². The molecule has 2 rings (SSSR count). The van der Waals surface area contributed by atoms with Crippen molar-refractivity contribution in [2.45, 2.75) is 33.7 Å². The zero-order valence-corrected chi connectivity index (χ0v) is 10.4. The third-order valence-electron chi connectivity index (χ3n) is 3.78. The number of nitrogens with zero attached hydrogens (tertiary/aromatic N) is 1. The van der Waals surface area contributed by atoms with Crippen molar-refractivity contribution in [1.82, 2.24) is 10.2 Å². The van der Waals surface area contributed by atoms with Crippen LogP contribution in [-0.2, 0) is 9.59 Å². The lowest BCUT2D eigenvalue weighted by Crippen LogP contribution is -2.41. The van der Waals surface area contributed by atoms with Gasteiger partial charge < -0.3 is 5.32 Å². The van der Waals surface area contributed by atoms with Crippen molar-refractivity contribution < 1.29 is 9.59 Å². The molecule has 1 saturated carbocycles. The van der Waals surface area contributed by atoms with Crippen LogP contribution in [0.4, 0.5) is 0 Å². The van der Waals surface area contributed by atoms with Crippen molar-refractivity contribution in [3.63, 3.8) is 0 Å². The molecule has 2 amide bonds. The highest BCUT2D eigenvalue weighted by atomic mass is 16.2. The summed E-state index contributed by atoms with van der Waals surface area (Å²) in [5, 5.41) is 3.22. The molecular weight excluding hydrogens is 204 g/mol. The maximum Gasteiger partial charge on any atom is 0.233 e. The van der Waals surface area contributed by atoms with E-state index in [1.165, 1.54) is 4.90 Å². The molecule has 1 saturated heterocycles. The highest BCUT2D eigenvalue weighted by Crippen LogP contribution is 2.63. The molecule has 2 atom stereocenters. The Hall–Kier alpha value is -0.900. The smallest absolute Gasteiger partial charge is 0.233 e. The molecular formula is C12H20N2O2. The maximum atomic E-state index is 11.9. The van der Waals surface area contributed by atoms with Gasteiger partial charge in [0.05, 0.1) is 11.8 Å². The van der Waals surface area contributed by atoms with Crippen LogP contribution >= 0.6 is 0 Å². The number of likely N-dealkylation sites (tertiary alicyclic amines) is 1. The first-order valence-electron chi connectivity index (χ1n) is 5.96. The number of imide groups is 1. The fourth-order valence-electron chi connectivity index (χ4n) is 2.69. The van der Waals surface area contributed by atoms with E-state index in [0.29, 0.717) is 19.1 Å². The molecule has 1 N–H and O–H groups in total. The SMILES string of the molecule is CC(C)NCCN1C(=O)C2C(C1=O)C2(C)C. The van der Waals surface area contributed by atoms with Crippen LogP contribution in [0.3, 0.4) is 0 Å². The molecule has 0 spiro atoms. The van der Waals surface area contributed by atoms with Gasteiger partial charge in [-0.1, -0.05) is 27.7 Å². The van der Waals surface area contributed by atoms with Crippen LogP contribution in [0.2, 0.25) is 0 Å². The van der Waals surface area contributed by atoms with Crippen molar-refractivity contribution in [2.24, 2.45) is 17.3 Å². The van der Waals surface area contributed by atoms with Gasteiger partial charge in [-0.3, -0.25) is 14.5 Å². The Labute approximate surface area is 96.4 Å². The standard InChI is InChI=1S/C12H20N2O2/c1-7(2)13-5-6-14-10(15)8-9(11(14)16)12(8,3)4/h7-9,13H,5-6H2,1-4H3. The number of hydrogen-bond acceptors (Lipinski definition) is 3. The van der Waals surface area contributed by atoms with Crippen LogP contribution < -0.4 is 5.32 Å². The van der Waals surface area contributed by atoms with Gasteiger partial charge in [-0.25, -0.2) is 0 Å². The monoisotopic (exact) mass is 224 g/mol. The first-order chi connectivity index (χ1) is 7.37. The van der Waals surface area contributed by atoms with E-state index in [0.717, 1.165) is 0 Å². The van der Waals surface area contributed by atoms with E-state index in [1.54, 1.807) is 0 Å².